The summed E-state index contributed by atoms with van der Waals surface area (Å²) in [5.41, 5.74) is -0.589. The summed E-state index contributed by atoms with van der Waals surface area (Å²) in [6.07, 6.45) is 0. The maximum atomic E-state index is 11.1. The third kappa shape index (κ3) is 4.02. The van der Waals surface area contributed by atoms with Gasteiger partial charge in [0.05, 0.1) is 26.0 Å². The third-order valence-electron chi connectivity index (χ3n) is 3.52. The third-order valence-corrected chi connectivity index (χ3v) is 5.28. The van der Waals surface area contributed by atoms with Gasteiger partial charge in [0.2, 0.25) is 0 Å². The van der Waals surface area contributed by atoms with Crippen LogP contribution < -0.4 is 0 Å². The Kier molecular flexibility index (Phi) is 5.31. The summed E-state index contributed by atoms with van der Waals surface area (Å²) >= 11 is 13.1. The van der Waals surface area contributed by atoms with Crippen LogP contribution in [0.3, 0.4) is 0 Å². The first kappa shape index (κ1) is 19.1. The number of nitro benzene ring substituents is 2. The molecule has 0 saturated heterocycles. The van der Waals surface area contributed by atoms with Crippen LogP contribution in [0.5, 0.6) is 0 Å². The molecule has 0 unspecified atom stereocenters. The molecule has 0 amide bonds. The zero-order valence-corrected chi connectivity index (χ0v) is 15.8. The molecule has 0 bridgehead atoms. The zero-order chi connectivity index (χ0) is 19.7. The van der Waals surface area contributed by atoms with Crippen molar-refractivity contribution < 1.29 is 9.85 Å². The molecule has 0 aliphatic rings. The molecule has 12 heteroatoms. The molecule has 3 aromatic rings. The van der Waals surface area contributed by atoms with Gasteiger partial charge in [0.25, 0.3) is 11.4 Å². The second-order valence-electron chi connectivity index (χ2n) is 5.30. The molecule has 0 aliphatic carbocycles. The molecule has 2 aromatic carbocycles. The monoisotopic (exact) mass is 425 g/mol. The van der Waals surface area contributed by atoms with Crippen LogP contribution in [-0.4, -0.2) is 24.6 Å². The van der Waals surface area contributed by atoms with Gasteiger partial charge in [0, 0.05) is 29.6 Å². The van der Waals surface area contributed by atoms with Crippen LogP contribution in [0, 0.1) is 20.2 Å². The Hall–Kier alpha value is -2.69. The van der Waals surface area contributed by atoms with Crippen LogP contribution in [-0.2, 0) is 7.05 Å². The van der Waals surface area contributed by atoms with Crippen molar-refractivity contribution in [2.75, 3.05) is 0 Å². The molecule has 1 heterocycles. The van der Waals surface area contributed by atoms with E-state index < -0.39 is 21.2 Å². The number of hydrogen-bond acceptors (Lipinski definition) is 7. The predicted octanol–water partition coefficient (Wildman–Crippen LogP) is 4.76. The minimum absolute atomic E-state index is 0.215. The lowest BCUT2D eigenvalue weighted by Gasteiger charge is -2.05. The van der Waals surface area contributed by atoms with Crippen molar-refractivity contribution in [3.8, 4) is 11.4 Å². The first-order valence-electron chi connectivity index (χ1n) is 7.23. The molecule has 3 rings (SSSR count). The Balaban J connectivity index is 2.00. The number of non-ortho nitro benzene ring substituents is 2. The number of rotatable bonds is 5. The number of halogens is 2. The van der Waals surface area contributed by atoms with Gasteiger partial charge in [-0.05, 0) is 30.0 Å². The molecular formula is C15H9Cl2N5O4S. The normalized spacial score (nSPS) is 10.8. The van der Waals surface area contributed by atoms with Gasteiger partial charge in [-0.2, -0.15) is 0 Å². The smallest absolute Gasteiger partial charge is 0.277 e. The van der Waals surface area contributed by atoms with Gasteiger partial charge >= 0.3 is 0 Å². The molecule has 138 valence electrons. The zero-order valence-electron chi connectivity index (χ0n) is 13.5. The van der Waals surface area contributed by atoms with E-state index in [1.807, 2.05) is 0 Å². The van der Waals surface area contributed by atoms with Gasteiger partial charge in [-0.25, -0.2) is 0 Å². The van der Waals surface area contributed by atoms with E-state index in [-0.39, 0.29) is 11.4 Å². The molecule has 0 aliphatic heterocycles. The van der Waals surface area contributed by atoms with E-state index >= 15 is 0 Å². The van der Waals surface area contributed by atoms with Crippen molar-refractivity contribution in [1.29, 1.82) is 0 Å². The Morgan fingerprint density at radius 2 is 1.59 bits per heavy atom. The van der Waals surface area contributed by atoms with Crippen molar-refractivity contribution in [2.45, 2.75) is 10.1 Å². The van der Waals surface area contributed by atoms with Gasteiger partial charge in [-0.1, -0.05) is 23.2 Å². The molecule has 0 radical (unpaired) electrons. The Morgan fingerprint density at radius 1 is 0.963 bits per heavy atom. The molecular weight excluding hydrogens is 417 g/mol. The van der Waals surface area contributed by atoms with Gasteiger partial charge in [-0.3, -0.25) is 20.2 Å². The standard InChI is InChI=1S/C15H9Cl2N5O4S/c1-20-14(8-4-9(21(23)24)6-10(5-8)22(25)26)18-19-15(20)27-11-2-3-12(16)13(17)7-11/h2-7H,1H3. The van der Waals surface area contributed by atoms with Crippen LogP contribution in [0.15, 0.2) is 46.5 Å². The molecule has 27 heavy (non-hydrogen) atoms. The number of hydrogen-bond donors (Lipinski definition) is 0. The summed E-state index contributed by atoms with van der Waals surface area (Å²) in [7, 11) is 1.65. The maximum Gasteiger partial charge on any atom is 0.277 e. The van der Waals surface area contributed by atoms with Gasteiger partial charge in [-0.15, -0.1) is 10.2 Å². The Morgan fingerprint density at radius 3 is 2.15 bits per heavy atom. The highest BCUT2D eigenvalue weighted by Crippen LogP contribution is 2.34. The lowest BCUT2D eigenvalue weighted by molar-refractivity contribution is -0.394. The molecule has 0 fully saturated rings. The van der Waals surface area contributed by atoms with Crippen LogP contribution >= 0.6 is 35.0 Å². The van der Waals surface area contributed by atoms with Gasteiger partial charge in [0.15, 0.2) is 11.0 Å². The Bertz CT molecular complexity index is 1040. The number of benzene rings is 2. The van der Waals surface area contributed by atoms with E-state index in [1.54, 1.807) is 29.8 Å². The number of aromatic nitrogens is 3. The van der Waals surface area contributed by atoms with Crippen molar-refractivity contribution in [2.24, 2.45) is 7.05 Å². The van der Waals surface area contributed by atoms with E-state index in [1.165, 1.54) is 23.9 Å². The van der Waals surface area contributed by atoms with Gasteiger partial charge < -0.3 is 4.57 Å². The maximum absolute atomic E-state index is 11.1. The average Bonchev–Trinajstić information content (AvgIpc) is 2.98. The lowest BCUT2D eigenvalue weighted by atomic mass is 10.1. The summed E-state index contributed by atoms with van der Waals surface area (Å²) in [6, 6.07) is 8.39. The van der Waals surface area contributed by atoms with Crippen LogP contribution in [0.4, 0.5) is 11.4 Å². The highest BCUT2D eigenvalue weighted by atomic mass is 35.5. The lowest BCUT2D eigenvalue weighted by Crippen LogP contribution is -1.98. The molecule has 0 atom stereocenters. The molecule has 0 N–H and O–H groups in total. The minimum Gasteiger partial charge on any atom is -0.305 e. The SMILES string of the molecule is Cn1c(Sc2ccc(Cl)c(Cl)c2)nnc1-c1cc([N+](=O)[O-])cc([N+](=O)[O-])c1. The highest BCUT2D eigenvalue weighted by molar-refractivity contribution is 7.99. The molecule has 9 nitrogen and oxygen atoms in total. The fraction of sp³-hybridized carbons (Fsp3) is 0.0667. The second-order valence-corrected chi connectivity index (χ2v) is 7.15. The fourth-order valence-corrected chi connectivity index (χ4v) is 3.43. The van der Waals surface area contributed by atoms with Crippen LogP contribution in [0.2, 0.25) is 10.0 Å². The van der Waals surface area contributed by atoms with E-state index in [0.717, 1.165) is 11.0 Å². The summed E-state index contributed by atoms with van der Waals surface area (Å²) in [5, 5.41) is 31.5. The average molecular weight is 426 g/mol. The highest BCUT2D eigenvalue weighted by Gasteiger charge is 2.21. The summed E-state index contributed by atoms with van der Waals surface area (Å²) in [5.74, 6) is 0.254. The van der Waals surface area contributed by atoms with E-state index in [9.17, 15) is 20.2 Å². The topological polar surface area (TPSA) is 117 Å². The van der Waals surface area contributed by atoms with Crippen LogP contribution in [0.25, 0.3) is 11.4 Å². The first-order chi connectivity index (χ1) is 12.8. The minimum atomic E-state index is -0.696. The molecule has 0 spiro atoms. The summed E-state index contributed by atoms with van der Waals surface area (Å²) in [6.45, 7) is 0. The quantitative estimate of drug-likeness (QED) is 0.427. The van der Waals surface area contributed by atoms with Crippen molar-refractivity contribution >= 4 is 46.3 Å². The first-order valence-corrected chi connectivity index (χ1v) is 8.80. The summed E-state index contributed by atoms with van der Waals surface area (Å²) < 4.78 is 1.58. The van der Waals surface area contributed by atoms with E-state index in [2.05, 4.69) is 10.2 Å². The van der Waals surface area contributed by atoms with Crippen molar-refractivity contribution in [1.82, 2.24) is 14.8 Å². The second kappa shape index (κ2) is 7.51. The number of nitrogens with zero attached hydrogens (tertiary/aromatic N) is 5. The fourth-order valence-electron chi connectivity index (χ4n) is 2.24. The van der Waals surface area contributed by atoms with E-state index in [0.29, 0.717) is 15.2 Å². The molecule has 0 saturated carbocycles. The van der Waals surface area contributed by atoms with Crippen molar-refractivity contribution in [3.63, 3.8) is 0 Å². The number of nitro groups is 2. The summed E-state index contributed by atoms with van der Waals surface area (Å²) in [4.78, 5) is 21.5. The molecule has 1 aromatic heterocycles. The van der Waals surface area contributed by atoms with Crippen LogP contribution in [0.1, 0.15) is 0 Å². The Labute approximate surface area is 166 Å². The largest absolute Gasteiger partial charge is 0.305 e. The van der Waals surface area contributed by atoms with E-state index in [4.69, 9.17) is 23.2 Å². The van der Waals surface area contributed by atoms with Gasteiger partial charge in [0.1, 0.15) is 0 Å². The predicted molar refractivity (Wildman–Crippen MR) is 100 cm³/mol. The van der Waals surface area contributed by atoms with Crippen molar-refractivity contribution in [3.05, 3.63) is 66.7 Å².